The number of unbranched alkanes of at least 4 members (excludes halogenated alkanes) is 9. The Morgan fingerprint density at radius 3 is 1.62 bits per heavy atom. The van der Waals surface area contributed by atoms with Gasteiger partial charge in [0, 0.05) is 14.1 Å². The molecule has 1 aliphatic heterocycles. The zero-order valence-electron chi connectivity index (χ0n) is 15.3. The van der Waals surface area contributed by atoms with Gasteiger partial charge in [0.1, 0.15) is 0 Å². The number of rotatable bonds is 11. The van der Waals surface area contributed by atoms with E-state index in [0.29, 0.717) is 6.42 Å². The lowest BCUT2D eigenvalue weighted by Gasteiger charge is -2.40. The molecule has 0 spiro atoms. The number of hydrogen-bond acceptors (Lipinski definition) is 4. The van der Waals surface area contributed by atoms with Crippen molar-refractivity contribution >= 4 is 29.1 Å². The number of carbonyl (C=O) groups excluding carboxylic acids is 2. The quantitative estimate of drug-likeness (QED) is 0.351. The average molecular weight is 357 g/mol. The predicted octanol–water partition coefficient (Wildman–Crippen LogP) is 3.24. The molecule has 1 fully saturated rings. The van der Waals surface area contributed by atoms with E-state index in [1.54, 1.807) is 0 Å². The van der Waals surface area contributed by atoms with Crippen LogP contribution in [0.15, 0.2) is 0 Å². The van der Waals surface area contributed by atoms with Crippen LogP contribution in [0.2, 0.25) is 0 Å². The Kier molecular flexibility index (Phi) is 8.84. The SMILES string of the molecule is CCCCCCCCCCCCC1(O)C(=O)N(C)C(=S)N(C)C1=O. The van der Waals surface area contributed by atoms with Crippen LogP contribution in [0, 0.1) is 0 Å². The maximum Gasteiger partial charge on any atom is 0.270 e. The normalized spacial score (nSPS) is 17.8. The fraction of sp³-hybridized carbons (Fsp3) is 0.833. The van der Waals surface area contributed by atoms with Crippen LogP contribution < -0.4 is 0 Å². The largest absolute Gasteiger partial charge is 0.372 e. The molecule has 0 aliphatic carbocycles. The minimum absolute atomic E-state index is 0.137. The first-order chi connectivity index (χ1) is 11.4. The zero-order chi connectivity index (χ0) is 18.2. The summed E-state index contributed by atoms with van der Waals surface area (Å²) in [7, 11) is 2.99. The molecule has 1 heterocycles. The van der Waals surface area contributed by atoms with Crippen LogP contribution in [0.4, 0.5) is 0 Å². The van der Waals surface area contributed by atoms with E-state index in [9.17, 15) is 14.7 Å². The van der Waals surface area contributed by atoms with Gasteiger partial charge in [-0.05, 0) is 25.1 Å². The molecule has 24 heavy (non-hydrogen) atoms. The first-order valence-electron chi connectivity index (χ1n) is 9.19. The number of amides is 2. The number of nitrogens with zero attached hydrogens (tertiary/aromatic N) is 2. The standard InChI is InChI=1S/C18H32N2O3S/c1-4-5-6-7-8-9-10-11-12-13-14-18(23)15(21)19(2)17(24)20(3)16(18)22/h23H,4-14H2,1-3H3. The fourth-order valence-electron chi connectivity index (χ4n) is 3.13. The van der Waals surface area contributed by atoms with Crippen LogP contribution in [-0.4, -0.2) is 51.5 Å². The van der Waals surface area contributed by atoms with Gasteiger partial charge in [-0.1, -0.05) is 64.7 Å². The van der Waals surface area contributed by atoms with E-state index in [0.717, 1.165) is 12.8 Å². The van der Waals surface area contributed by atoms with Crippen molar-refractivity contribution in [3.05, 3.63) is 0 Å². The molecule has 0 radical (unpaired) electrons. The highest BCUT2D eigenvalue weighted by Crippen LogP contribution is 2.26. The number of hydrogen-bond donors (Lipinski definition) is 1. The summed E-state index contributed by atoms with van der Waals surface area (Å²) in [5.74, 6) is -1.21. The van der Waals surface area contributed by atoms with Crippen LogP contribution in [0.3, 0.4) is 0 Å². The Morgan fingerprint density at radius 1 is 0.833 bits per heavy atom. The summed E-state index contributed by atoms with van der Waals surface area (Å²) >= 11 is 5.03. The summed E-state index contributed by atoms with van der Waals surface area (Å²) in [6, 6.07) is 0. The van der Waals surface area contributed by atoms with E-state index >= 15 is 0 Å². The van der Waals surface area contributed by atoms with E-state index in [2.05, 4.69) is 6.92 Å². The molecule has 0 unspecified atom stereocenters. The molecule has 0 atom stereocenters. The van der Waals surface area contributed by atoms with E-state index < -0.39 is 17.4 Å². The zero-order valence-corrected chi connectivity index (χ0v) is 16.2. The lowest BCUT2D eigenvalue weighted by molar-refractivity contribution is -0.166. The number of aliphatic hydroxyl groups is 1. The maximum atomic E-state index is 12.2. The Hall–Kier alpha value is -1.01. The summed E-state index contributed by atoms with van der Waals surface area (Å²) in [4.78, 5) is 26.9. The monoisotopic (exact) mass is 356 g/mol. The van der Waals surface area contributed by atoms with Gasteiger partial charge in [0.25, 0.3) is 11.8 Å². The highest BCUT2D eigenvalue weighted by Gasteiger charge is 2.52. The molecule has 1 saturated heterocycles. The van der Waals surface area contributed by atoms with Crippen LogP contribution in [0.1, 0.15) is 77.6 Å². The van der Waals surface area contributed by atoms with Gasteiger partial charge in [0.05, 0.1) is 0 Å². The van der Waals surface area contributed by atoms with Gasteiger partial charge in [-0.15, -0.1) is 0 Å². The molecular weight excluding hydrogens is 324 g/mol. The number of likely N-dealkylation sites (N-methyl/N-ethyl adjacent to an activating group) is 2. The van der Waals surface area contributed by atoms with Crippen molar-refractivity contribution in [2.45, 2.75) is 83.2 Å². The second-order valence-electron chi connectivity index (χ2n) is 6.80. The van der Waals surface area contributed by atoms with Gasteiger partial charge in [-0.2, -0.15) is 0 Å². The smallest absolute Gasteiger partial charge is 0.270 e. The minimum Gasteiger partial charge on any atom is -0.372 e. The molecular formula is C18H32N2O3S. The Morgan fingerprint density at radius 2 is 1.21 bits per heavy atom. The second kappa shape index (κ2) is 10.1. The molecule has 0 aromatic heterocycles. The summed E-state index contributed by atoms with van der Waals surface area (Å²) in [5, 5.41) is 10.7. The predicted molar refractivity (Wildman–Crippen MR) is 99.5 cm³/mol. The fourth-order valence-corrected chi connectivity index (χ4v) is 3.29. The van der Waals surface area contributed by atoms with Crippen molar-refractivity contribution in [1.82, 2.24) is 9.80 Å². The Bertz CT molecular complexity index is 430. The molecule has 0 aromatic rings. The Balaban J connectivity index is 2.27. The van der Waals surface area contributed by atoms with Crippen molar-refractivity contribution in [2.75, 3.05) is 14.1 Å². The van der Waals surface area contributed by atoms with Gasteiger partial charge in [-0.3, -0.25) is 19.4 Å². The van der Waals surface area contributed by atoms with Gasteiger partial charge in [0.2, 0.25) is 5.60 Å². The van der Waals surface area contributed by atoms with E-state index in [-0.39, 0.29) is 11.5 Å². The minimum atomic E-state index is -1.95. The third-order valence-electron chi connectivity index (χ3n) is 4.78. The van der Waals surface area contributed by atoms with E-state index in [4.69, 9.17) is 12.2 Å². The van der Waals surface area contributed by atoms with Crippen molar-refractivity contribution in [3.8, 4) is 0 Å². The molecule has 0 bridgehead atoms. The molecule has 1 N–H and O–H groups in total. The van der Waals surface area contributed by atoms with Gasteiger partial charge < -0.3 is 5.11 Å². The van der Waals surface area contributed by atoms with Gasteiger partial charge >= 0.3 is 0 Å². The number of carbonyl (C=O) groups is 2. The summed E-state index contributed by atoms with van der Waals surface area (Å²) < 4.78 is 0. The highest BCUT2D eigenvalue weighted by atomic mass is 32.1. The van der Waals surface area contributed by atoms with Gasteiger partial charge in [-0.25, -0.2) is 0 Å². The average Bonchev–Trinajstić information content (AvgIpc) is 2.58. The van der Waals surface area contributed by atoms with Crippen LogP contribution >= 0.6 is 12.2 Å². The van der Waals surface area contributed by atoms with Gasteiger partial charge in [0.15, 0.2) is 5.11 Å². The summed E-state index contributed by atoms with van der Waals surface area (Å²) in [6.07, 6.45) is 11.8. The van der Waals surface area contributed by atoms with Crippen molar-refractivity contribution in [3.63, 3.8) is 0 Å². The maximum absolute atomic E-state index is 12.2. The first-order valence-corrected chi connectivity index (χ1v) is 9.59. The molecule has 2 amide bonds. The Labute approximate surface area is 151 Å². The lowest BCUT2D eigenvalue weighted by atomic mass is 9.91. The topological polar surface area (TPSA) is 60.9 Å². The highest BCUT2D eigenvalue weighted by molar-refractivity contribution is 7.80. The summed E-state index contributed by atoms with van der Waals surface area (Å²) in [5.41, 5.74) is -1.95. The van der Waals surface area contributed by atoms with Crippen molar-refractivity contribution < 1.29 is 14.7 Å². The third kappa shape index (κ3) is 5.24. The van der Waals surface area contributed by atoms with Crippen LogP contribution in [0.25, 0.3) is 0 Å². The summed E-state index contributed by atoms with van der Waals surface area (Å²) in [6.45, 7) is 2.22. The van der Waals surface area contributed by atoms with Crippen LogP contribution in [0.5, 0.6) is 0 Å². The molecule has 1 rings (SSSR count). The first kappa shape index (κ1) is 21.0. The molecule has 0 saturated carbocycles. The van der Waals surface area contributed by atoms with E-state index in [1.807, 2.05) is 0 Å². The molecule has 0 aromatic carbocycles. The molecule has 1 aliphatic rings. The van der Waals surface area contributed by atoms with Crippen molar-refractivity contribution in [2.24, 2.45) is 0 Å². The number of thiocarbonyl (C=S) groups is 1. The van der Waals surface area contributed by atoms with E-state index in [1.165, 1.54) is 68.8 Å². The molecule has 138 valence electrons. The molecule has 5 nitrogen and oxygen atoms in total. The van der Waals surface area contributed by atoms with Crippen LogP contribution in [-0.2, 0) is 9.59 Å². The lowest BCUT2D eigenvalue weighted by Crippen LogP contribution is -2.66. The second-order valence-corrected chi connectivity index (χ2v) is 7.17. The molecule has 6 heteroatoms. The van der Waals surface area contributed by atoms with Crippen molar-refractivity contribution in [1.29, 1.82) is 0 Å². The third-order valence-corrected chi connectivity index (χ3v) is 5.33.